The lowest BCUT2D eigenvalue weighted by atomic mass is 10.1. The Morgan fingerprint density at radius 2 is 1.95 bits per heavy atom. The summed E-state index contributed by atoms with van der Waals surface area (Å²) in [5, 5.41) is 10.2. The van der Waals surface area contributed by atoms with Crippen molar-refractivity contribution in [3.05, 3.63) is 35.9 Å². The molecule has 1 saturated heterocycles. The number of piperazine rings is 1. The molecule has 0 saturated carbocycles. The number of hydrogen-bond acceptors (Lipinski definition) is 4. The molecule has 3 rings (SSSR count). The molecule has 0 aliphatic carbocycles. The number of nitrogens with zero attached hydrogens (tertiary/aromatic N) is 4. The van der Waals surface area contributed by atoms with Gasteiger partial charge >= 0.3 is 0 Å². The van der Waals surface area contributed by atoms with Crippen LogP contribution in [0.15, 0.2) is 30.3 Å². The molecule has 0 unspecified atom stereocenters. The highest BCUT2D eigenvalue weighted by molar-refractivity contribution is 5.86. The highest BCUT2D eigenvalue weighted by Gasteiger charge is 2.20. The Morgan fingerprint density at radius 1 is 1.24 bits per heavy atom. The van der Waals surface area contributed by atoms with E-state index in [1.165, 1.54) is 0 Å². The van der Waals surface area contributed by atoms with Gasteiger partial charge in [0.05, 0.1) is 17.1 Å². The number of anilines is 1. The van der Waals surface area contributed by atoms with E-state index in [0.717, 1.165) is 29.8 Å². The number of hydrogen-bond donors (Lipinski definition) is 0. The van der Waals surface area contributed by atoms with E-state index in [-0.39, 0.29) is 5.91 Å². The molecule has 0 N–H and O–H groups in total. The monoisotopic (exact) mass is 280 g/mol. The molecule has 21 heavy (non-hydrogen) atoms. The van der Waals surface area contributed by atoms with Crippen LogP contribution in [0.4, 0.5) is 5.82 Å². The van der Waals surface area contributed by atoms with Crippen LogP contribution in [0.3, 0.4) is 0 Å². The largest absolute Gasteiger partial charge is 0.353 e. The van der Waals surface area contributed by atoms with E-state index in [4.69, 9.17) is 0 Å². The highest BCUT2D eigenvalue weighted by Crippen LogP contribution is 2.23. The summed E-state index contributed by atoms with van der Waals surface area (Å²) < 4.78 is 0. The number of rotatable bonds is 1. The van der Waals surface area contributed by atoms with Crippen molar-refractivity contribution in [2.45, 2.75) is 6.92 Å². The summed E-state index contributed by atoms with van der Waals surface area (Å²) in [7, 11) is 0. The fourth-order valence-corrected chi connectivity index (χ4v) is 2.67. The first kappa shape index (κ1) is 13.4. The fourth-order valence-electron chi connectivity index (χ4n) is 2.67. The van der Waals surface area contributed by atoms with E-state index in [0.29, 0.717) is 18.7 Å². The summed E-state index contributed by atoms with van der Waals surface area (Å²) in [4.78, 5) is 20.0. The van der Waals surface area contributed by atoms with E-state index in [1.54, 1.807) is 6.92 Å². The van der Waals surface area contributed by atoms with Crippen molar-refractivity contribution in [3.63, 3.8) is 0 Å². The van der Waals surface area contributed by atoms with Gasteiger partial charge in [-0.15, -0.1) is 0 Å². The maximum absolute atomic E-state index is 11.4. The van der Waals surface area contributed by atoms with Crippen LogP contribution in [0, 0.1) is 11.3 Å². The predicted octanol–water partition coefficient (Wildman–Crippen LogP) is 1.77. The van der Waals surface area contributed by atoms with E-state index in [9.17, 15) is 10.1 Å². The highest BCUT2D eigenvalue weighted by atomic mass is 16.2. The zero-order valence-corrected chi connectivity index (χ0v) is 11.9. The van der Waals surface area contributed by atoms with E-state index in [1.807, 2.05) is 35.2 Å². The summed E-state index contributed by atoms with van der Waals surface area (Å²) in [5.41, 5.74) is 1.48. The molecule has 0 spiro atoms. The van der Waals surface area contributed by atoms with Crippen molar-refractivity contribution in [2.75, 3.05) is 31.1 Å². The first-order valence-electron chi connectivity index (χ1n) is 6.99. The van der Waals surface area contributed by atoms with Crippen LogP contribution in [0.1, 0.15) is 12.5 Å². The number of aromatic nitrogens is 1. The average Bonchev–Trinajstić information content (AvgIpc) is 2.53. The Morgan fingerprint density at radius 3 is 2.62 bits per heavy atom. The first-order valence-corrected chi connectivity index (χ1v) is 6.99. The SMILES string of the molecule is CC(=O)N1CCN(c2cc(C#N)c3ccccc3n2)CC1. The van der Waals surface area contributed by atoms with Gasteiger partial charge in [-0.25, -0.2) is 4.98 Å². The van der Waals surface area contributed by atoms with Crippen LogP contribution < -0.4 is 4.90 Å². The summed E-state index contributed by atoms with van der Waals surface area (Å²) in [6.45, 7) is 4.49. The second-order valence-electron chi connectivity index (χ2n) is 5.15. The summed E-state index contributed by atoms with van der Waals surface area (Å²) in [6.07, 6.45) is 0. The number of pyridine rings is 1. The third-order valence-corrected chi connectivity index (χ3v) is 3.87. The number of fused-ring (bicyclic) bond motifs is 1. The normalized spacial score (nSPS) is 15.0. The molecule has 1 fully saturated rings. The summed E-state index contributed by atoms with van der Waals surface area (Å²) in [6, 6.07) is 11.8. The molecule has 5 nitrogen and oxygen atoms in total. The zero-order valence-electron chi connectivity index (χ0n) is 11.9. The number of amides is 1. The molecule has 2 aromatic rings. The molecular formula is C16H16N4O. The Hall–Kier alpha value is -2.61. The number of para-hydroxylation sites is 1. The smallest absolute Gasteiger partial charge is 0.219 e. The lowest BCUT2D eigenvalue weighted by molar-refractivity contribution is -0.129. The third kappa shape index (κ3) is 2.52. The lowest BCUT2D eigenvalue weighted by Gasteiger charge is -2.35. The van der Waals surface area contributed by atoms with Gasteiger partial charge in [0.25, 0.3) is 0 Å². The minimum Gasteiger partial charge on any atom is -0.353 e. The topological polar surface area (TPSA) is 60.2 Å². The van der Waals surface area contributed by atoms with Gasteiger partial charge in [-0.05, 0) is 12.1 Å². The van der Waals surface area contributed by atoms with Crippen LogP contribution in [-0.2, 0) is 4.79 Å². The maximum atomic E-state index is 11.4. The van der Waals surface area contributed by atoms with Gasteiger partial charge in [-0.1, -0.05) is 18.2 Å². The average molecular weight is 280 g/mol. The van der Waals surface area contributed by atoms with Gasteiger partial charge in [-0.3, -0.25) is 4.79 Å². The van der Waals surface area contributed by atoms with Crippen LogP contribution >= 0.6 is 0 Å². The molecule has 1 aromatic carbocycles. The number of nitriles is 1. The Labute approximate surface area is 123 Å². The Balaban J connectivity index is 1.92. The lowest BCUT2D eigenvalue weighted by Crippen LogP contribution is -2.48. The first-order chi connectivity index (χ1) is 10.2. The van der Waals surface area contributed by atoms with Crippen molar-refractivity contribution in [2.24, 2.45) is 0 Å². The van der Waals surface area contributed by atoms with Gasteiger partial charge in [0, 0.05) is 38.5 Å². The Kier molecular flexibility index (Phi) is 3.44. The van der Waals surface area contributed by atoms with Crippen molar-refractivity contribution < 1.29 is 4.79 Å². The molecule has 0 radical (unpaired) electrons. The van der Waals surface area contributed by atoms with E-state index >= 15 is 0 Å². The standard InChI is InChI=1S/C16H16N4O/c1-12(21)19-6-8-20(9-7-19)16-10-13(11-17)14-4-2-3-5-15(14)18-16/h2-5,10H,6-9H2,1H3. The molecule has 1 amide bonds. The van der Waals surface area contributed by atoms with Gasteiger partial charge in [0.15, 0.2) is 0 Å². The van der Waals surface area contributed by atoms with E-state index in [2.05, 4.69) is 16.0 Å². The van der Waals surface area contributed by atoms with Crippen LogP contribution in [-0.4, -0.2) is 42.0 Å². The number of carbonyl (C=O) groups excluding carboxylic acids is 1. The molecule has 5 heteroatoms. The molecular weight excluding hydrogens is 264 g/mol. The third-order valence-electron chi connectivity index (χ3n) is 3.87. The molecule has 0 bridgehead atoms. The number of carbonyl (C=O) groups is 1. The minimum absolute atomic E-state index is 0.110. The van der Waals surface area contributed by atoms with Gasteiger partial charge in [0.1, 0.15) is 5.82 Å². The summed E-state index contributed by atoms with van der Waals surface area (Å²) >= 11 is 0. The second kappa shape index (κ2) is 5.41. The van der Waals surface area contributed by atoms with Gasteiger partial charge in [-0.2, -0.15) is 5.26 Å². The quantitative estimate of drug-likeness (QED) is 0.799. The molecule has 2 heterocycles. The van der Waals surface area contributed by atoms with Gasteiger partial charge in [0.2, 0.25) is 5.91 Å². The van der Waals surface area contributed by atoms with Crippen LogP contribution in [0.2, 0.25) is 0 Å². The molecule has 1 aliphatic rings. The molecule has 106 valence electrons. The van der Waals surface area contributed by atoms with Crippen molar-refractivity contribution in [3.8, 4) is 6.07 Å². The molecule has 0 atom stereocenters. The zero-order chi connectivity index (χ0) is 14.8. The molecule has 1 aliphatic heterocycles. The summed E-state index contributed by atoms with van der Waals surface area (Å²) in [5.74, 6) is 0.923. The van der Waals surface area contributed by atoms with E-state index < -0.39 is 0 Å². The van der Waals surface area contributed by atoms with Crippen LogP contribution in [0.5, 0.6) is 0 Å². The predicted molar refractivity (Wildman–Crippen MR) is 80.9 cm³/mol. The van der Waals surface area contributed by atoms with Crippen molar-refractivity contribution >= 4 is 22.6 Å². The Bertz CT molecular complexity index is 727. The van der Waals surface area contributed by atoms with Crippen LogP contribution in [0.25, 0.3) is 10.9 Å². The second-order valence-corrected chi connectivity index (χ2v) is 5.15. The van der Waals surface area contributed by atoms with Gasteiger partial charge < -0.3 is 9.80 Å². The number of benzene rings is 1. The maximum Gasteiger partial charge on any atom is 0.219 e. The van der Waals surface area contributed by atoms with Crippen molar-refractivity contribution in [1.82, 2.24) is 9.88 Å². The molecule has 1 aromatic heterocycles. The van der Waals surface area contributed by atoms with Crippen molar-refractivity contribution in [1.29, 1.82) is 5.26 Å². The fraction of sp³-hybridized carbons (Fsp3) is 0.312. The minimum atomic E-state index is 0.110.